The fraction of sp³-hybridized carbons (Fsp3) is 0.875. The van der Waals surface area contributed by atoms with E-state index in [0.29, 0.717) is 0 Å². The summed E-state index contributed by atoms with van der Waals surface area (Å²) in [6, 6.07) is 0. The number of rotatable bonds is 1. The van der Waals surface area contributed by atoms with Gasteiger partial charge in [0.05, 0.1) is 5.41 Å². The van der Waals surface area contributed by atoms with Crippen LogP contribution in [0, 0.1) is 10.8 Å². The Morgan fingerprint density at radius 3 is 1.80 bits per heavy atom. The van der Waals surface area contributed by atoms with Crippen LogP contribution in [0.5, 0.6) is 0 Å². The number of hydrogen-bond acceptors (Lipinski definition) is 1. The van der Waals surface area contributed by atoms with Crippen molar-refractivity contribution >= 4 is 5.91 Å². The minimum Gasteiger partial charge on any atom is -0.369 e. The first-order valence-corrected chi connectivity index (χ1v) is 3.70. The third-order valence-corrected chi connectivity index (χ3v) is 3.29. The maximum absolute atomic E-state index is 10.9. The minimum atomic E-state index is -0.243. The van der Waals surface area contributed by atoms with Gasteiger partial charge in [-0.1, -0.05) is 20.8 Å². The van der Waals surface area contributed by atoms with Gasteiger partial charge in [0.25, 0.3) is 0 Å². The molecule has 1 aliphatic carbocycles. The van der Waals surface area contributed by atoms with Crippen LogP contribution in [0.1, 0.15) is 33.6 Å². The first kappa shape index (κ1) is 7.58. The lowest BCUT2D eigenvalue weighted by Crippen LogP contribution is -2.53. The average Bonchev–Trinajstić information content (AvgIpc) is 1.83. The molecule has 1 unspecified atom stereocenters. The maximum Gasteiger partial charge on any atom is 0.223 e. The van der Waals surface area contributed by atoms with Crippen molar-refractivity contribution in [3.8, 4) is 0 Å². The van der Waals surface area contributed by atoms with Crippen LogP contribution in [0.25, 0.3) is 0 Å². The molecule has 2 N–H and O–H groups in total. The Kier molecular flexibility index (Phi) is 1.32. The highest BCUT2D eigenvalue weighted by atomic mass is 16.1. The number of hydrogen-bond donors (Lipinski definition) is 1. The van der Waals surface area contributed by atoms with E-state index in [9.17, 15) is 4.79 Å². The Morgan fingerprint density at radius 1 is 1.30 bits per heavy atom. The van der Waals surface area contributed by atoms with Crippen molar-refractivity contribution in [1.29, 1.82) is 0 Å². The summed E-state index contributed by atoms with van der Waals surface area (Å²) in [5, 5.41) is 0. The molecule has 0 aromatic carbocycles. The molecule has 0 saturated heterocycles. The topological polar surface area (TPSA) is 43.1 Å². The van der Waals surface area contributed by atoms with Gasteiger partial charge < -0.3 is 5.73 Å². The summed E-state index contributed by atoms with van der Waals surface area (Å²) in [6.45, 7) is 6.15. The molecule has 1 fully saturated rings. The zero-order chi connectivity index (χ0) is 7.99. The molecule has 0 aromatic rings. The zero-order valence-corrected chi connectivity index (χ0v) is 6.90. The van der Waals surface area contributed by atoms with Gasteiger partial charge in [-0.3, -0.25) is 4.79 Å². The van der Waals surface area contributed by atoms with E-state index in [4.69, 9.17) is 5.73 Å². The van der Waals surface area contributed by atoms with Gasteiger partial charge in [-0.05, 0) is 18.3 Å². The van der Waals surface area contributed by atoms with Gasteiger partial charge in [0.15, 0.2) is 0 Å². The Labute approximate surface area is 61.8 Å². The van der Waals surface area contributed by atoms with E-state index in [1.807, 2.05) is 6.92 Å². The summed E-state index contributed by atoms with van der Waals surface area (Å²) in [5.41, 5.74) is 5.15. The van der Waals surface area contributed by atoms with Crippen molar-refractivity contribution in [2.24, 2.45) is 16.6 Å². The van der Waals surface area contributed by atoms with Gasteiger partial charge in [-0.15, -0.1) is 0 Å². The average molecular weight is 141 g/mol. The number of amides is 1. The standard InChI is InChI=1S/C8H15NO/c1-7(2)4-5-8(7,3)6(9)10/h4-5H2,1-3H3,(H2,9,10). The number of carbonyl (C=O) groups excluding carboxylic acids is 1. The summed E-state index contributed by atoms with van der Waals surface area (Å²) in [7, 11) is 0. The Morgan fingerprint density at radius 2 is 1.80 bits per heavy atom. The molecule has 58 valence electrons. The first-order valence-electron chi connectivity index (χ1n) is 3.70. The Balaban J connectivity index is 2.81. The second kappa shape index (κ2) is 1.74. The molecule has 1 aliphatic rings. The highest BCUT2D eigenvalue weighted by molar-refractivity contribution is 5.82. The summed E-state index contributed by atoms with van der Waals surface area (Å²) < 4.78 is 0. The van der Waals surface area contributed by atoms with E-state index in [-0.39, 0.29) is 16.7 Å². The van der Waals surface area contributed by atoms with Crippen molar-refractivity contribution in [2.75, 3.05) is 0 Å². The van der Waals surface area contributed by atoms with E-state index in [1.54, 1.807) is 0 Å². The van der Waals surface area contributed by atoms with Crippen molar-refractivity contribution in [2.45, 2.75) is 33.6 Å². The first-order chi connectivity index (χ1) is 4.40. The molecule has 0 aromatic heterocycles. The molecule has 0 spiro atoms. The molecular weight excluding hydrogens is 126 g/mol. The summed E-state index contributed by atoms with van der Waals surface area (Å²) in [4.78, 5) is 10.9. The van der Waals surface area contributed by atoms with Crippen molar-refractivity contribution in [3.05, 3.63) is 0 Å². The molecule has 2 nitrogen and oxygen atoms in total. The monoisotopic (exact) mass is 141 g/mol. The highest BCUT2D eigenvalue weighted by Gasteiger charge is 2.53. The Bertz CT molecular complexity index is 174. The van der Waals surface area contributed by atoms with Gasteiger partial charge in [-0.2, -0.15) is 0 Å². The third kappa shape index (κ3) is 0.678. The second-order valence-corrected chi connectivity index (χ2v) is 4.08. The van der Waals surface area contributed by atoms with Crippen LogP contribution in [-0.4, -0.2) is 5.91 Å². The molecule has 0 aliphatic heterocycles. The summed E-state index contributed by atoms with van der Waals surface area (Å²) in [5.74, 6) is -0.149. The van der Waals surface area contributed by atoms with Gasteiger partial charge in [0, 0.05) is 0 Å². The van der Waals surface area contributed by atoms with Crippen LogP contribution >= 0.6 is 0 Å². The molecule has 0 radical (unpaired) electrons. The predicted molar refractivity (Wildman–Crippen MR) is 40.3 cm³/mol. The van der Waals surface area contributed by atoms with Gasteiger partial charge in [-0.25, -0.2) is 0 Å². The lowest BCUT2D eigenvalue weighted by molar-refractivity contribution is -0.144. The SMILES string of the molecule is CC1(C)CCC1(C)C(N)=O. The quantitative estimate of drug-likeness (QED) is 0.587. The van der Waals surface area contributed by atoms with Crippen molar-refractivity contribution in [1.82, 2.24) is 0 Å². The molecule has 0 heterocycles. The van der Waals surface area contributed by atoms with Crippen LogP contribution in [0.15, 0.2) is 0 Å². The lowest BCUT2D eigenvalue weighted by Gasteiger charge is -2.51. The summed E-state index contributed by atoms with van der Waals surface area (Å²) in [6.07, 6.45) is 2.07. The fourth-order valence-electron chi connectivity index (χ4n) is 1.46. The van der Waals surface area contributed by atoms with Crippen molar-refractivity contribution < 1.29 is 4.79 Å². The zero-order valence-electron chi connectivity index (χ0n) is 6.90. The third-order valence-electron chi connectivity index (χ3n) is 3.29. The van der Waals surface area contributed by atoms with Gasteiger partial charge in [0.2, 0.25) is 5.91 Å². The van der Waals surface area contributed by atoms with E-state index >= 15 is 0 Å². The smallest absolute Gasteiger partial charge is 0.223 e. The second-order valence-electron chi connectivity index (χ2n) is 4.08. The van der Waals surface area contributed by atoms with E-state index < -0.39 is 0 Å². The molecule has 1 rings (SSSR count). The van der Waals surface area contributed by atoms with Crippen LogP contribution < -0.4 is 5.73 Å². The molecule has 1 saturated carbocycles. The largest absolute Gasteiger partial charge is 0.369 e. The maximum atomic E-state index is 10.9. The van der Waals surface area contributed by atoms with Crippen LogP contribution in [0.4, 0.5) is 0 Å². The predicted octanol–water partition coefficient (Wildman–Crippen LogP) is 1.30. The molecule has 10 heavy (non-hydrogen) atoms. The lowest BCUT2D eigenvalue weighted by atomic mass is 9.52. The number of nitrogens with two attached hydrogens (primary N) is 1. The van der Waals surface area contributed by atoms with Crippen LogP contribution in [0.3, 0.4) is 0 Å². The number of primary amides is 1. The number of carbonyl (C=O) groups is 1. The van der Waals surface area contributed by atoms with E-state index in [1.165, 1.54) is 0 Å². The Hall–Kier alpha value is -0.530. The molecular formula is C8H15NO. The molecule has 2 heteroatoms. The van der Waals surface area contributed by atoms with Crippen LogP contribution in [0.2, 0.25) is 0 Å². The molecule has 1 atom stereocenters. The minimum absolute atomic E-state index is 0.124. The van der Waals surface area contributed by atoms with E-state index in [0.717, 1.165) is 12.8 Å². The molecule has 1 amide bonds. The van der Waals surface area contributed by atoms with Crippen LogP contribution in [-0.2, 0) is 4.79 Å². The van der Waals surface area contributed by atoms with Gasteiger partial charge in [0.1, 0.15) is 0 Å². The molecule has 0 bridgehead atoms. The summed E-state index contributed by atoms with van der Waals surface area (Å²) >= 11 is 0. The highest BCUT2D eigenvalue weighted by Crippen LogP contribution is 2.55. The van der Waals surface area contributed by atoms with E-state index in [2.05, 4.69) is 13.8 Å². The normalized spacial score (nSPS) is 36.7. The van der Waals surface area contributed by atoms with Gasteiger partial charge >= 0.3 is 0 Å². The fourth-order valence-corrected chi connectivity index (χ4v) is 1.46. The van der Waals surface area contributed by atoms with Crippen molar-refractivity contribution in [3.63, 3.8) is 0 Å².